The Hall–Kier alpha value is -2.74. The van der Waals surface area contributed by atoms with Gasteiger partial charge in [-0.15, -0.1) is 0 Å². The largest absolute Gasteiger partial charge is 0.496 e. The third-order valence-electron chi connectivity index (χ3n) is 3.56. The number of ether oxygens (including phenoxy) is 1. The van der Waals surface area contributed by atoms with Crippen molar-refractivity contribution in [1.29, 1.82) is 0 Å². The smallest absolute Gasteiger partial charge is 0.194 e. The van der Waals surface area contributed by atoms with Gasteiger partial charge in [0.25, 0.3) is 0 Å². The van der Waals surface area contributed by atoms with E-state index in [2.05, 4.69) is 15.2 Å². The predicted octanol–water partition coefficient (Wildman–Crippen LogP) is 3.72. The van der Waals surface area contributed by atoms with Crippen LogP contribution in [-0.2, 0) is 6.42 Å². The lowest BCUT2D eigenvalue weighted by molar-refractivity contribution is 0.416. The molecule has 0 saturated heterocycles. The Morgan fingerprint density at radius 2 is 1.96 bits per heavy atom. The summed E-state index contributed by atoms with van der Waals surface area (Å²) in [7, 11) is 1.45. The molecular formula is C16H12ClF3N4O. The Balaban J connectivity index is 1.94. The predicted molar refractivity (Wildman–Crippen MR) is 86.9 cm³/mol. The number of nitrogens with two attached hydrogens (primary N) is 1. The number of hydrogen-bond donors (Lipinski definition) is 2. The molecule has 0 unspecified atom stereocenters. The number of halogens is 4. The average molecular weight is 369 g/mol. The first-order chi connectivity index (χ1) is 11.9. The minimum Gasteiger partial charge on any atom is -0.496 e. The minimum atomic E-state index is -1.52. The van der Waals surface area contributed by atoms with Gasteiger partial charge in [-0.05, 0) is 17.7 Å². The van der Waals surface area contributed by atoms with E-state index in [1.807, 2.05) is 0 Å². The highest BCUT2D eigenvalue weighted by Crippen LogP contribution is 2.34. The van der Waals surface area contributed by atoms with Gasteiger partial charge in [0.05, 0.1) is 23.4 Å². The zero-order chi connectivity index (χ0) is 18.1. The number of methoxy groups -OCH3 is 1. The summed E-state index contributed by atoms with van der Waals surface area (Å²) < 4.78 is 45.3. The van der Waals surface area contributed by atoms with Crippen LogP contribution in [0.2, 0.25) is 5.02 Å². The summed E-state index contributed by atoms with van der Waals surface area (Å²) >= 11 is 6.01. The first-order valence-electron chi connectivity index (χ1n) is 7.07. The molecule has 3 rings (SSSR count). The Labute approximate surface area is 145 Å². The molecule has 1 heterocycles. The molecule has 0 aliphatic heterocycles. The van der Waals surface area contributed by atoms with Crippen LogP contribution in [0.1, 0.15) is 11.4 Å². The number of nitrogens with zero attached hydrogens (tertiary/aromatic N) is 2. The SMILES string of the molecule is COc1cc(N)c(Cl)cc1-c1n[nH]c(Cc2ccc(F)c(F)c2F)n1. The highest BCUT2D eigenvalue weighted by molar-refractivity contribution is 6.33. The average Bonchev–Trinajstić information content (AvgIpc) is 3.06. The fraction of sp³-hybridized carbons (Fsp3) is 0.125. The molecule has 0 spiro atoms. The fourth-order valence-corrected chi connectivity index (χ4v) is 2.45. The van der Waals surface area contributed by atoms with Crippen molar-refractivity contribution in [2.24, 2.45) is 0 Å². The molecule has 0 amide bonds. The van der Waals surface area contributed by atoms with Crippen molar-refractivity contribution in [1.82, 2.24) is 15.2 Å². The number of rotatable bonds is 4. The molecule has 0 aliphatic rings. The molecule has 2 aromatic carbocycles. The molecule has 130 valence electrons. The van der Waals surface area contributed by atoms with Gasteiger partial charge < -0.3 is 10.5 Å². The number of H-pyrrole nitrogens is 1. The molecule has 5 nitrogen and oxygen atoms in total. The molecule has 0 saturated carbocycles. The van der Waals surface area contributed by atoms with Gasteiger partial charge in [0.2, 0.25) is 0 Å². The lowest BCUT2D eigenvalue weighted by Gasteiger charge is -2.08. The van der Waals surface area contributed by atoms with Crippen molar-refractivity contribution in [2.45, 2.75) is 6.42 Å². The summed E-state index contributed by atoms with van der Waals surface area (Å²) in [5.41, 5.74) is 6.49. The van der Waals surface area contributed by atoms with Gasteiger partial charge >= 0.3 is 0 Å². The third-order valence-corrected chi connectivity index (χ3v) is 3.89. The molecule has 0 radical (unpaired) electrons. The normalized spacial score (nSPS) is 10.9. The van der Waals surface area contributed by atoms with Crippen molar-refractivity contribution in [3.8, 4) is 17.1 Å². The molecule has 25 heavy (non-hydrogen) atoms. The summed E-state index contributed by atoms with van der Waals surface area (Å²) in [5, 5.41) is 6.95. The van der Waals surface area contributed by atoms with Crippen LogP contribution in [0, 0.1) is 17.5 Å². The van der Waals surface area contributed by atoms with E-state index in [9.17, 15) is 13.2 Å². The van der Waals surface area contributed by atoms with Crippen molar-refractivity contribution < 1.29 is 17.9 Å². The summed E-state index contributed by atoms with van der Waals surface area (Å²) in [5.74, 6) is -3.12. The number of hydrogen-bond acceptors (Lipinski definition) is 4. The topological polar surface area (TPSA) is 76.8 Å². The van der Waals surface area contributed by atoms with Crippen LogP contribution in [0.25, 0.3) is 11.4 Å². The van der Waals surface area contributed by atoms with Crippen molar-refractivity contribution in [3.05, 3.63) is 58.1 Å². The monoisotopic (exact) mass is 368 g/mol. The van der Waals surface area contributed by atoms with Crippen molar-refractivity contribution in [2.75, 3.05) is 12.8 Å². The second-order valence-electron chi connectivity index (χ2n) is 5.19. The standard InChI is InChI=1S/C16H12ClF3N4O/c1-25-12-6-11(21)9(17)5-8(12)16-22-13(23-24-16)4-7-2-3-10(18)15(20)14(7)19/h2-3,5-6H,4,21H2,1H3,(H,22,23,24). The minimum absolute atomic E-state index is 0.0519. The molecule has 1 aromatic heterocycles. The molecule has 0 aliphatic carbocycles. The molecule has 0 atom stereocenters. The third kappa shape index (κ3) is 3.25. The van der Waals surface area contributed by atoms with Gasteiger partial charge in [0.1, 0.15) is 11.6 Å². The van der Waals surface area contributed by atoms with Crippen LogP contribution in [0.15, 0.2) is 24.3 Å². The van der Waals surface area contributed by atoms with Gasteiger partial charge in [-0.2, -0.15) is 5.10 Å². The highest BCUT2D eigenvalue weighted by atomic mass is 35.5. The number of aromatic nitrogens is 3. The van der Waals surface area contributed by atoms with Gasteiger partial charge in [-0.3, -0.25) is 5.10 Å². The van der Waals surface area contributed by atoms with E-state index >= 15 is 0 Å². The van der Waals surface area contributed by atoms with Crippen LogP contribution in [0.3, 0.4) is 0 Å². The van der Waals surface area contributed by atoms with Gasteiger partial charge in [0.15, 0.2) is 23.3 Å². The second kappa shape index (κ2) is 6.64. The summed E-state index contributed by atoms with van der Waals surface area (Å²) in [4.78, 5) is 4.22. The van der Waals surface area contributed by atoms with Crippen LogP contribution in [-0.4, -0.2) is 22.3 Å². The highest BCUT2D eigenvalue weighted by Gasteiger charge is 2.17. The molecular weight excluding hydrogens is 357 g/mol. The maximum Gasteiger partial charge on any atom is 0.194 e. The van der Waals surface area contributed by atoms with E-state index in [-0.39, 0.29) is 23.6 Å². The fourth-order valence-electron chi connectivity index (χ4n) is 2.29. The Bertz CT molecular complexity index is 945. The Morgan fingerprint density at radius 3 is 2.68 bits per heavy atom. The maximum absolute atomic E-state index is 13.8. The van der Waals surface area contributed by atoms with Crippen LogP contribution in [0.4, 0.5) is 18.9 Å². The van der Waals surface area contributed by atoms with E-state index in [1.54, 1.807) is 6.07 Å². The quantitative estimate of drug-likeness (QED) is 0.543. The summed E-state index contributed by atoms with van der Waals surface area (Å²) in [6.45, 7) is 0. The van der Waals surface area contributed by atoms with E-state index in [0.717, 1.165) is 12.1 Å². The zero-order valence-corrected chi connectivity index (χ0v) is 13.7. The summed E-state index contributed by atoms with van der Waals surface area (Å²) in [6.07, 6.45) is -0.0962. The number of anilines is 1. The first kappa shape index (κ1) is 17.1. The lowest BCUT2D eigenvalue weighted by atomic mass is 10.1. The second-order valence-corrected chi connectivity index (χ2v) is 5.60. The molecule has 0 bridgehead atoms. The van der Waals surface area contributed by atoms with Crippen molar-refractivity contribution in [3.63, 3.8) is 0 Å². The zero-order valence-electron chi connectivity index (χ0n) is 12.9. The maximum atomic E-state index is 13.8. The molecule has 0 fully saturated rings. The van der Waals surface area contributed by atoms with Gasteiger partial charge in [-0.25, -0.2) is 18.2 Å². The van der Waals surface area contributed by atoms with Crippen LogP contribution in [0.5, 0.6) is 5.75 Å². The van der Waals surface area contributed by atoms with Gasteiger partial charge in [0, 0.05) is 12.5 Å². The first-order valence-corrected chi connectivity index (χ1v) is 7.45. The molecule has 9 heteroatoms. The van der Waals surface area contributed by atoms with Crippen molar-refractivity contribution >= 4 is 17.3 Å². The van der Waals surface area contributed by atoms with Crippen LogP contribution < -0.4 is 10.5 Å². The van der Waals surface area contributed by atoms with E-state index < -0.39 is 17.5 Å². The number of nitrogen functional groups attached to an aromatic ring is 1. The van der Waals surface area contributed by atoms with Gasteiger partial charge in [-0.1, -0.05) is 17.7 Å². The van der Waals surface area contributed by atoms with E-state index in [0.29, 0.717) is 22.0 Å². The Kier molecular flexibility index (Phi) is 4.54. The lowest BCUT2D eigenvalue weighted by Crippen LogP contribution is -2.00. The Morgan fingerprint density at radius 1 is 1.20 bits per heavy atom. The number of nitrogens with one attached hydrogen (secondary N) is 1. The van der Waals surface area contributed by atoms with E-state index in [4.69, 9.17) is 22.1 Å². The molecule has 3 aromatic rings. The number of benzene rings is 2. The van der Waals surface area contributed by atoms with E-state index in [1.165, 1.54) is 13.2 Å². The van der Waals surface area contributed by atoms with Crippen LogP contribution >= 0.6 is 11.6 Å². The molecule has 3 N–H and O–H groups in total. The number of aromatic amines is 1. The summed E-state index contributed by atoms with van der Waals surface area (Å²) in [6, 6.07) is 5.08.